The van der Waals surface area contributed by atoms with E-state index in [1.54, 1.807) is 0 Å². The summed E-state index contributed by atoms with van der Waals surface area (Å²) >= 11 is 0. The number of benzene rings is 1. The van der Waals surface area contributed by atoms with Crippen molar-refractivity contribution in [1.82, 2.24) is 10.3 Å². The van der Waals surface area contributed by atoms with Crippen LogP contribution in [0.15, 0.2) is 18.2 Å². The zero-order valence-corrected chi connectivity index (χ0v) is 18.6. The molecule has 2 heterocycles. The standard InChI is InChI=1S/C23H31N3O4/c1-22(2,3)20(28)25-14-7-8-16-15(11-14)17-13(12-24-19(27)18(17)26-16)9-10-30-21(29)23(4,5)6/h7-8,11,13,26H,9-10,12H2,1-6H3,(H,24,27)(H,25,28). The number of rotatable bonds is 4. The Bertz CT molecular complexity index is 992. The maximum absolute atomic E-state index is 12.4. The van der Waals surface area contributed by atoms with Gasteiger partial charge in [-0.3, -0.25) is 14.4 Å². The quantitative estimate of drug-likeness (QED) is 0.661. The first-order chi connectivity index (χ1) is 13.9. The maximum Gasteiger partial charge on any atom is 0.311 e. The normalized spacial score (nSPS) is 16.7. The van der Waals surface area contributed by atoms with Crippen LogP contribution in [0.2, 0.25) is 0 Å². The van der Waals surface area contributed by atoms with Gasteiger partial charge in [-0.25, -0.2) is 0 Å². The van der Waals surface area contributed by atoms with Crippen molar-refractivity contribution in [2.75, 3.05) is 18.5 Å². The molecule has 2 amide bonds. The maximum atomic E-state index is 12.4. The molecule has 3 N–H and O–H groups in total. The topological polar surface area (TPSA) is 100 Å². The van der Waals surface area contributed by atoms with Crippen LogP contribution in [-0.2, 0) is 14.3 Å². The third kappa shape index (κ3) is 4.50. The predicted molar refractivity (Wildman–Crippen MR) is 116 cm³/mol. The number of anilines is 1. The number of nitrogens with one attached hydrogen (secondary N) is 3. The van der Waals surface area contributed by atoms with Crippen LogP contribution in [0.5, 0.6) is 0 Å². The molecule has 1 aliphatic heterocycles. The summed E-state index contributed by atoms with van der Waals surface area (Å²) in [5.74, 6) is -0.458. The van der Waals surface area contributed by atoms with E-state index in [2.05, 4.69) is 15.6 Å². The predicted octanol–water partition coefficient (Wildman–Crippen LogP) is 3.96. The van der Waals surface area contributed by atoms with Gasteiger partial charge in [0.15, 0.2) is 0 Å². The van der Waals surface area contributed by atoms with E-state index in [0.717, 1.165) is 16.5 Å². The Balaban J connectivity index is 1.87. The largest absolute Gasteiger partial charge is 0.465 e. The molecule has 2 aromatic rings. The van der Waals surface area contributed by atoms with Crippen molar-refractivity contribution in [3.8, 4) is 0 Å². The van der Waals surface area contributed by atoms with Crippen LogP contribution in [0.25, 0.3) is 10.9 Å². The Morgan fingerprint density at radius 2 is 1.83 bits per heavy atom. The van der Waals surface area contributed by atoms with Crippen molar-refractivity contribution in [2.45, 2.75) is 53.9 Å². The van der Waals surface area contributed by atoms with Crippen molar-refractivity contribution in [3.05, 3.63) is 29.5 Å². The third-order valence-electron chi connectivity index (χ3n) is 5.23. The van der Waals surface area contributed by atoms with Crippen LogP contribution in [0.4, 0.5) is 5.69 Å². The second-order valence-electron chi connectivity index (χ2n) is 9.96. The van der Waals surface area contributed by atoms with E-state index < -0.39 is 10.8 Å². The summed E-state index contributed by atoms with van der Waals surface area (Å²) in [6, 6.07) is 5.60. The number of carbonyl (C=O) groups excluding carboxylic acids is 3. The first-order valence-corrected chi connectivity index (χ1v) is 10.3. The van der Waals surface area contributed by atoms with Gasteiger partial charge in [-0.15, -0.1) is 0 Å². The van der Waals surface area contributed by atoms with E-state index >= 15 is 0 Å². The molecule has 1 aromatic carbocycles. The van der Waals surface area contributed by atoms with Crippen LogP contribution in [-0.4, -0.2) is 35.9 Å². The first kappa shape index (κ1) is 21.9. The van der Waals surface area contributed by atoms with Gasteiger partial charge in [-0.1, -0.05) is 20.8 Å². The summed E-state index contributed by atoms with van der Waals surface area (Å²) in [7, 11) is 0. The minimum atomic E-state index is -0.549. The Morgan fingerprint density at radius 3 is 2.47 bits per heavy atom. The van der Waals surface area contributed by atoms with E-state index in [4.69, 9.17) is 4.74 Å². The molecular formula is C23H31N3O4. The molecule has 0 saturated carbocycles. The van der Waals surface area contributed by atoms with Gasteiger partial charge >= 0.3 is 5.97 Å². The number of H-pyrrole nitrogens is 1. The second kappa shape index (κ2) is 7.78. The van der Waals surface area contributed by atoms with Crippen molar-refractivity contribution >= 4 is 34.4 Å². The number of hydrogen-bond acceptors (Lipinski definition) is 4. The zero-order chi connectivity index (χ0) is 22.3. The monoisotopic (exact) mass is 413 g/mol. The van der Waals surface area contributed by atoms with Crippen molar-refractivity contribution in [2.24, 2.45) is 10.8 Å². The number of hydrogen-bond donors (Lipinski definition) is 3. The molecule has 0 bridgehead atoms. The van der Waals surface area contributed by atoms with E-state index in [9.17, 15) is 14.4 Å². The fraction of sp³-hybridized carbons (Fsp3) is 0.522. The van der Waals surface area contributed by atoms with Crippen molar-refractivity contribution in [1.29, 1.82) is 0 Å². The highest BCUT2D eigenvalue weighted by atomic mass is 16.5. The summed E-state index contributed by atoms with van der Waals surface area (Å²) in [5.41, 5.74) is 1.91. The summed E-state index contributed by atoms with van der Waals surface area (Å²) in [6.45, 7) is 11.8. The summed E-state index contributed by atoms with van der Waals surface area (Å²) < 4.78 is 5.43. The molecule has 30 heavy (non-hydrogen) atoms. The molecule has 3 rings (SSSR count). The lowest BCUT2D eigenvalue weighted by molar-refractivity contribution is -0.153. The van der Waals surface area contributed by atoms with Gasteiger partial charge in [0, 0.05) is 34.5 Å². The average Bonchev–Trinajstić information content (AvgIpc) is 3.02. The van der Waals surface area contributed by atoms with Crippen LogP contribution in [0.3, 0.4) is 0 Å². The minimum absolute atomic E-state index is 0.00721. The number of ether oxygens (including phenoxy) is 1. The lowest BCUT2D eigenvalue weighted by Gasteiger charge is -2.24. The fourth-order valence-corrected chi connectivity index (χ4v) is 3.38. The minimum Gasteiger partial charge on any atom is -0.465 e. The summed E-state index contributed by atoms with van der Waals surface area (Å²) in [4.78, 5) is 40.0. The highest BCUT2D eigenvalue weighted by Crippen LogP contribution is 2.35. The van der Waals surface area contributed by atoms with Gasteiger partial charge in [-0.2, -0.15) is 0 Å². The third-order valence-corrected chi connectivity index (χ3v) is 5.23. The highest BCUT2D eigenvalue weighted by Gasteiger charge is 2.31. The number of fused-ring (bicyclic) bond motifs is 3. The van der Waals surface area contributed by atoms with Crippen LogP contribution < -0.4 is 10.6 Å². The summed E-state index contributed by atoms with van der Waals surface area (Å²) in [5, 5.41) is 6.75. The number of aromatic amines is 1. The molecule has 1 atom stereocenters. The van der Waals surface area contributed by atoms with E-state index in [-0.39, 0.29) is 30.3 Å². The fourth-order valence-electron chi connectivity index (χ4n) is 3.38. The van der Waals surface area contributed by atoms with Crippen molar-refractivity contribution < 1.29 is 19.1 Å². The molecule has 7 nitrogen and oxygen atoms in total. The van der Waals surface area contributed by atoms with Crippen LogP contribution in [0, 0.1) is 10.8 Å². The molecule has 0 aliphatic carbocycles. The highest BCUT2D eigenvalue weighted by molar-refractivity contribution is 6.04. The zero-order valence-electron chi connectivity index (χ0n) is 18.6. The molecule has 1 aromatic heterocycles. The van der Waals surface area contributed by atoms with E-state index in [1.807, 2.05) is 59.7 Å². The molecule has 0 saturated heterocycles. The van der Waals surface area contributed by atoms with Crippen molar-refractivity contribution in [3.63, 3.8) is 0 Å². The van der Waals surface area contributed by atoms with Gasteiger partial charge in [0.05, 0.1) is 12.0 Å². The molecule has 0 fully saturated rings. The lowest BCUT2D eigenvalue weighted by Crippen LogP contribution is -2.35. The number of aromatic nitrogens is 1. The van der Waals surface area contributed by atoms with Gasteiger partial charge in [0.1, 0.15) is 5.69 Å². The molecule has 0 radical (unpaired) electrons. The van der Waals surface area contributed by atoms with Gasteiger partial charge < -0.3 is 20.4 Å². The molecule has 1 unspecified atom stereocenters. The molecular weight excluding hydrogens is 382 g/mol. The molecule has 1 aliphatic rings. The SMILES string of the molecule is CC(C)(C)C(=O)Nc1ccc2[nH]c3c(c2c1)C(CCOC(=O)C(C)(C)C)CNC3=O. The molecule has 0 spiro atoms. The second-order valence-corrected chi connectivity index (χ2v) is 9.96. The number of amides is 2. The number of esters is 1. The van der Waals surface area contributed by atoms with E-state index in [0.29, 0.717) is 24.3 Å². The first-order valence-electron chi connectivity index (χ1n) is 10.3. The lowest BCUT2D eigenvalue weighted by atomic mass is 9.90. The smallest absolute Gasteiger partial charge is 0.311 e. The average molecular weight is 414 g/mol. The summed E-state index contributed by atoms with van der Waals surface area (Å²) in [6.07, 6.45) is 0.598. The van der Waals surface area contributed by atoms with Gasteiger partial charge in [0.25, 0.3) is 5.91 Å². The van der Waals surface area contributed by atoms with Crippen LogP contribution >= 0.6 is 0 Å². The van der Waals surface area contributed by atoms with Gasteiger partial charge in [0.2, 0.25) is 5.91 Å². The van der Waals surface area contributed by atoms with E-state index in [1.165, 1.54) is 0 Å². The Morgan fingerprint density at radius 1 is 1.13 bits per heavy atom. The Kier molecular flexibility index (Phi) is 5.67. The molecule has 162 valence electrons. The Hall–Kier alpha value is -2.83. The molecule has 7 heteroatoms. The number of carbonyl (C=O) groups is 3. The van der Waals surface area contributed by atoms with Crippen LogP contribution in [0.1, 0.15) is 69.9 Å². The van der Waals surface area contributed by atoms with Gasteiger partial charge in [-0.05, 0) is 51.0 Å². The Labute approximate surface area is 176 Å².